The van der Waals surface area contributed by atoms with Crippen molar-refractivity contribution in [1.82, 2.24) is 9.78 Å². The molecule has 1 aromatic carbocycles. The van der Waals surface area contributed by atoms with E-state index in [-0.39, 0.29) is 11.6 Å². The van der Waals surface area contributed by atoms with Crippen molar-refractivity contribution in [3.8, 4) is 0 Å². The van der Waals surface area contributed by atoms with Gasteiger partial charge >= 0.3 is 0 Å². The van der Waals surface area contributed by atoms with E-state index in [0.29, 0.717) is 21.7 Å². The van der Waals surface area contributed by atoms with Gasteiger partial charge in [-0.1, -0.05) is 23.7 Å². The Labute approximate surface area is 130 Å². The minimum absolute atomic E-state index is 0.0316. The molecular formula is C14H15BrClN3O. The molecule has 2 aromatic rings. The fourth-order valence-corrected chi connectivity index (χ4v) is 2.29. The molecule has 0 aliphatic heterocycles. The van der Waals surface area contributed by atoms with Gasteiger partial charge in [-0.15, -0.1) is 0 Å². The molecule has 0 saturated carbocycles. The van der Waals surface area contributed by atoms with Crippen molar-refractivity contribution in [3.63, 3.8) is 0 Å². The van der Waals surface area contributed by atoms with Gasteiger partial charge in [0.2, 0.25) is 0 Å². The van der Waals surface area contributed by atoms with Crippen LogP contribution in [0.4, 0.5) is 5.69 Å². The molecule has 0 unspecified atom stereocenters. The van der Waals surface area contributed by atoms with Crippen LogP contribution in [0.5, 0.6) is 0 Å². The lowest BCUT2D eigenvalue weighted by Crippen LogP contribution is -2.26. The summed E-state index contributed by atoms with van der Waals surface area (Å²) in [6.45, 7) is 4.44. The number of halogens is 2. The highest BCUT2D eigenvalue weighted by Gasteiger charge is 2.10. The Morgan fingerprint density at radius 3 is 2.60 bits per heavy atom. The number of aromatic nitrogens is 2. The van der Waals surface area contributed by atoms with Crippen LogP contribution in [0.3, 0.4) is 0 Å². The zero-order valence-corrected chi connectivity index (χ0v) is 13.6. The largest absolute Gasteiger partial charge is 0.379 e. The zero-order valence-electron chi connectivity index (χ0n) is 11.2. The Hall–Kier alpha value is -1.33. The first-order valence-electron chi connectivity index (χ1n) is 6.24. The number of benzene rings is 1. The molecule has 1 heterocycles. The van der Waals surface area contributed by atoms with Gasteiger partial charge < -0.3 is 5.32 Å². The van der Waals surface area contributed by atoms with E-state index < -0.39 is 0 Å². The molecule has 0 bridgehead atoms. The molecule has 6 heteroatoms. The average Bonchev–Trinajstić information content (AvgIpc) is 2.42. The Balaban J connectivity index is 2.16. The third kappa shape index (κ3) is 3.41. The number of hydrogen-bond acceptors (Lipinski definition) is 3. The van der Waals surface area contributed by atoms with Crippen LogP contribution in [-0.4, -0.2) is 9.78 Å². The van der Waals surface area contributed by atoms with Gasteiger partial charge in [0, 0.05) is 11.6 Å². The molecule has 0 atom stereocenters. The second-order valence-corrected chi connectivity index (χ2v) is 5.93. The van der Waals surface area contributed by atoms with Gasteiger partial charge in [0.05, 0.1) is 17.9 Å². The minimum atomic E-state index is -0.138. The molecule has 0 radical (unpaired) electrons. The number of anilines is 1. The van der Waals surface area contributed by atoms with E-state index in [9.17, 15) is 4.79 Å². The van der Waals surface area contributed by atoms with Crippen LogP contribution in [0.15, 0.2) is 39.7 Å². The van der Waals surface area contributed by atoms with Crippen LogP contribution >= 0.6 is 27.5 Å². The second-order valence-electron chi connectivity index (χ2n) is 4.70. The molecule has 4 nitrogen and oxygen atoms in total. The topological polar surface area (TPSA) is 46.9 Å². The summed E-state index contributed by atoms with van der Waals surface area (Å²) in [5.74, 6) is 0. The number of hydrogen-bond donors (Lipinski definition) is 1. The lowest BCUT2D eigenvalue weighted by molar-refractivity contribution is 0.501. The summed E-state index contributed by atoms with van der Waals surface area (Å²) in [7, 11) is 0. The maximum Gasteiger partial charge on any atom is 0.283 e. The summed E-state index contributed by atoms with van der Waals surface area (Å²) in [6, 6.07) is 7.58. The van der Waals surface area contributed by atoms with Gasteiger partial charge in [0.1, 0.15) is 4.47 Å². The second kappa shape index (κ2) is 6.41. The average molecular weight is 357 g/mol. The highest BCUT2D eigenvalue weighted by molar-refractivity contribution is 9.10. The van der Waals surface area contributed by atoms with Crippen molar-refractivity contribution < 1.29 is 0 Å². The molecule has 20 heavy (non-hydrogen) atoms. The molecule has 0 fully saturated rings. The van der Waals surface area contributed by atoms with E-state index in [1.807, 2.05) is 38.1 Å². The summed E-state index contributed by atoms with van der Waals surface area (Å²) in [4.78, 5) is 12.1. The number of nitrogens with zero attached hydrogens (tertiary/aromatic N) is 2. The van der Waals surface area contributed by atoms with Crippen LogP contribution in [0, 0.1) is 0 Å². The lowest BCUT2D eigenvalue weighted by Gasteiger charge is -2.12. The van der Waals surface area contributed by atoms with Crippen LogP contribution in [0.1, 0.15) is 25.5 Å². The highest BCUT2D eigenvalue weighted by atomic mass is 79.9. The summed E-state index contributed by atoms with van der Waals surface area (Å²) < 4.78 is 1.94. The molecule has 0 amide bonds. The number of rotatable bonds is 4. The van der Waals surface area contributed by atoms with Gasteiger partial charge in [-0.3, -0.25) is 4.79 Å². The summed E-state index contributed by atoms with van der Waals surface area (Å²) in [5.41, 5.74) is 1.62. The van der Waals surface area contributed by atoms with Gasteiger partial charge in [0.25, 0.3) is 5.56 Å². The lowest BCUT2D eigenvalue weighted by atomic mass is 10.2. The SMILES string of the molecule is CC(C)n1ncc(NCc2ccc(Cl)cc2)c(Br)c1=O. The van der Waals surface area contributed by atoms with Crippen molar-refractivity contribution in [2.75, 3.05) is 5.32 Å². The van der Waals surface area contributed by atoms with E-state index in [1.54, 1.807) is 6.20 Å². The normalized spacial score (nSPS) is 10.8. The fourth-order valence-electron chi connectivity index (χ4n) is 1.74. The Kier molecular flexibility index (Phi) is 4.83. The summed E-state index contributed by atoms with van der Waals surface area (Å²) in [6.07, 6.45) is 1.65. The quantitative estimate of drug-likeness (QED) is 0.905. The van der Waals surface area contributed by atoms with Crippen molar-refractivity contribution in [1.29, 1.82) is 0 Å². The predicted molar refractivity (Wildman–Crippen MR) is 85.4 cm³/mol. The van der Waals surface area contributed by atoms with Gasteiger partial charge in [0.15, 0.2) is 0 Å². The van der Waals surface area contributed by atoms with Crippen LogP contribution in [-0.2, 0) is 6.54 Å². The predicted octanol–water partition coefficient (Wildman–Crippen LogP) is 3.85. The Bertz CT molecular complexity index is 652. The minimum Gasteiger partial charge on any atom is -0.379 e. The van der Waals surface area contributed by atoms with Gasteiger partial charge in [-0.2, -0.15) is 5.10 Å². The molecule has 2 rings (SSSR count). The van der Waals surface area contributed by atoms with Crippen LogP contribution < -0.4 is 10.9 Å². The van der Waals surface area contributed by atoms with Crippen molar-refractivity contribution in [2.45, 2.75) is 26.4 Å². The summed E-state index contributed by atoms with van der Waals surface area (Å²) >= 11 is 9.17. The van der Waals surface area contributed by atoms with Gasteiger partial charge in [-0.05, 0) is 47.5 Å². The van der Waals surface area contributed by atoms with Crippen molar-refractivity contribution >= 4 is 33.2 Å². The third-order valence-electron chi connectivity index (χ3n) is 2.83. The molecule has 106 valence electrons. The van der Waals surface area contributed by atoms with Gasteiger partial charge in [-0.25, -0.2) is 4.68 Å². The van der Waals surface area contributed by atoms with E-state index >= 15 is 0 Å². The molecule has 0 saturated heterocycles. The highest BCUT2D eigenvalue weighted by Crippen LogP contribution is 2.18. The van der Waals surface area contributed by atoms with Crippen molar-refractivity contribution in [3.05, 3.63) is 55.9 Å². The van der Waals surface area contributed by atoms with E-state index in [1.165, 1.54) is 4.68 Å². The molecule has 0 spiro atoms. The Morgan fingerprint density at radius 2 is 2.00 bits per heavy atom. The standard InChI is InChI=1S/C14H15BrClN3O/c1-9(2)19-14(20)13(15)12(8-18-19)17-7-10-3-5-11(16)6-4-10/h3-6,8-9,17H,7H2,1-2H3. The molecule has 1 aromatic heterocycles. The monoisotopic (exact) mass is 355 g/mol. The fraction of sp³-hybridized carbons (Fsp3) is 0.286. The van der Waals surface area contributed by atoms with Crippen LogP contribution in [0.25, 0.3) is 0 Å². The maximum atomic E-state index is 12.1. The summed E-state index contributed by atoms with van der Waals surface area (Å²) in [5, 5.41) is 8.05. The molecule has 0 aliphatic carbocycles. The van der Waals surface area contributed by atoms with E-state index in [4.69, 9.17) is 11.6 Å². The molecule has 1 N–H and O–H groups in total. The third-order valence-corrected chi connectivity index (χ3v) is 3.85. The smallest absolute Gasteiger partial charge is 0.283 e. The first-order valence-corrected chi connectivity index (χ1v) is 7.41. The first kappa shape index (κ1) is 15.1. The van der Waals surface area contributed by atoms with Crippen LogP contribution in [0.2, 0.25) is 5.02 Å². The Morgan fingerprint density at radius 1 is 1.35 bits per heavy atom. The zero-order chi connectivity index (χ0) is 14.7. The first-order chi connectivity index (χ1) is 9.49. The number of nitrogens with one attached hydrogen (secondary N) is 1. The molecule has 0 aliphatic rings. The molecular weight excluding hydrogens is 342 g/mol. The van der Waals surface area contributed by atoms with E-state index in [0.717, 1.165) is 5.56 Å². The van der Waals surface area contributed by atoms with Crippen molar-refractivity contribution in [2.24, 2.45) is 0 Å². The maximum absolute atomic E-state index is 12.1. The van der Waals surface area contributed by atoms with E-state index in [2.05, 4.69) is 26.3 Å².